The highest BCUT2D eigenvalue weighted by atomic mass is 32.1. The molecule has 1 atom stereocenters. The first-order chi connectivity index (χ1) is 14.8. The molecule has 1 saturated carbocycles. The Morgan fingerprint density at radius 3 is 2.52 bits per heavy atom. The number of dihydropyridines is 1. The van der Waals surface area contributed by atoms with E-state index in [0.29, 0.717) is 34.9 Å². The molecule has 2 N–H and O–H groups in total. The Balaban J connectivity index is 1.82. The minimum Gasteiger partial charge on any atom is -0.466 e. The SMILES string of the molecule is COC(=O)C1=C(C)NC(C)=C(C(C)=O)C1c1csc2ccc(C(=O)NCC3CC3)cc12. The average Bonchev–Trinajstić information content (AvgIpc) is 3.47. The third-order valence-electron chi connectivity index (χ3n) is 5.97. The van der Waals surface area contributed by atoms with Crippen LogP contribution in [0.2, 0.25) is 0 Å². The van der Waals surface area contributed by atoms with Gasteiger partial charge in [-0.3, -0.25) is 9.59 Å². The molecule has 1 aromatic carbocycles. The average molecular weight is 439 g/mol. The van der Waals surface area contributed by atoms with Crippen molar-refractivity contribution in [2.45, 2.75) is 39.5 Å². The molecule has 31 heavy (non-hydrogen) atoms. The molecular formula is C24H26N2O4S. The second-order valence-electron chi connectivity index (χ2n) is 8.24. The van der Waals surface area contributed by atoms with Gasteiger partial charge in [-0.15, -0.1) is 11.3 Å². The van der Waals surface area contributed by atoms with Gasteiger partial charge < -0.3 is 15.4 Å². The van der Waals surface area contributed by atoms with Crippen LogP contribution in [0.3, 0.4) is 0 Å². The smallest absolute Gasteiger partial charge is 0.336 e. The summed E-state index contributed by atoms with van der Waals surface area (Å²) in [5.74, 6) is -0.638. The third kappa shape index (κ3) is 4.02. The molecule has 0 saturated heterocycles. The number of Topliss-reactive ketones (excluding diaryl/α,β-unsaturated/α-hetero) is 1. The van der Waals surface area contributed by atoms with Gasteiger partial charge in [0.1, 0.15) is 0 Å². The molecule has 0 bridgehead atoms. The van der Waals surface area contributed by atoms with E-state index in [2.05, 4.69) is 10.6 Å². The number of nitrogens with one attached hydrogen (secondary N) is 2. The summed E-state index contributed by atoms with van der Waals surface area (Å²) in [7, 11) is 1.34. The number of benzene rings is 1. The van der Waals surface area contributed by atoms with Crippen molar-refractivity contribution >= 4 is 39.1 Å². The molecular weight excluding hydrogens is 412 g/mol. The van der Waals surface area contributed by atoms with Crippen molar-refractivity contribution in [3.8, 4) is 0 Å². The van der Waals surface area contributed by atoms with Crippen LogP contribution in [-0.2, 0) is 14.3 Å². The van der Waals surface area contributed by atoms with Gasteiger partial charge in [0.15, 0.2) is 5.78 Å². The molecule has 0 radical (unpaired) electrons. The molecule has 4 rings (SSSR count). The molecule has 1 fully saturated rings. The number of ketones is 1. The number of carbonyl (C=O) groups is 3. The van der Waals surface area contributed by atoms with Gasteiger partial charge in [-0.25, -0.2) is 4.79 Å². The maximum absolute atomic E-state index is 12.7. The zero-order valence-corrected chi connectivity index (χ0v) is 18.9. The summed E-state index contributed by atoms with van der Waals surface area (Å²) in [6, 6.07) is 5.61. The van der Waals surface area contributed by atoms with E-state index in [1.807, 2.05) is 37.4 Å². The molecule has 6 nitrogen and oxygen atoms in total. The number of rotatable bonds is 6. The summed E-state index contributed by atoms with van der Waals surface area (Å²) >= 11 is 1.53. The zero-order valence-electron chi connectivity index (χ0n) is 18.1. The van der Waals surface area contributed by atoms with E-state index in [4.69, 9.17) is 4.74 Å². The Morgan fingerprint density at radius 1 is 1.16 bits per heavy atom. The van der Waals surface area contributed by atoms with Crippen LogP contribution >= 0.6 is 11.3 Å². The van der Waals surface area contributed by atoms with Crippen LogP contribution < -0.4 is 10.6 Å². The minimum atomic E-state index is -0.551. The van der Waals surface area contributed by atoms with Crippen LogP contribution in [0.25, 0.3) is 10.1 Å². The number of hydrogen-bond acceptors (Lipinski definition) is 6. The molecule has 2 heterocycles. The number of allylic oxidation sites excluding steroid dienone is 3. The predicted molar refractivity (Wildman–Crippen MR) is 121 cm³/mol. The second-order valence-corrected chi connectivity index (χ2v) is 9.15. The lowest BCUT2D eigenvalue weighted by Gasteiger charge is -2.30. The van der Waals surface area contributed by atoms with Gasteiger partial charge in [-0.1, -0.05) is 0 Å². The summed E-state index contributed by atoms with van der Waals surface area (Å²) in [4.78, 5) is 38.0. The van der Waals surface area contributed by atoms with Crippen LogP contribution in [0.1, 0.15) is 55.5 Å². The molecule has 1 aliphatic heterocycles. The number of amides is 1. The molecule has 0 spiro atoms. The van der Waals surface area contributed by atoms with Gasteiger partial charge in [-0.2, -0.15) is 0 Å². The van der Waals surface area contributed by atoms with Gasteiger partial charge in [0.05, 0.1) is 12.7 Å². The summed E-state index contributed by atoms with van der Waals surface area (Å²) in [6.45, 7) is 5.86. The molecule has 1 amide bonds. The van der Waals surface area contributed by atoms with Crippen LogP contribution in [0, 0.1) is 5.92 Å². The topological polar surface area (TPSA) is 84.5 Å². The van der Waals surface area contributed by atoms with Crippen molar-refractivity contribution in [3.63, 3.8) is 0 Å². The van der Waals surface area contributed by atoms with Crippen molar-refractivity contribution in [2.24, 2.45) is 5.92 Å². The minimum absolute atomic E-state index is 0.102. The number of esters is 1. The van der Waals surface area contributed by atoms with E-state index < -0.39 is 11.9 Å². The van der Waals surface area contributed by atoms with Gasteiger partial charge in [-0.05, 0) is 74.1 Å². The molecule has 1 aromatic heterocycles. The summed E-state index contributed by atoms with van der Waals surface area (Å²) < 4.78 is 6.05. The molecule has 1 aliphatic carbocycles. The van der Waals surface area contributed by atoms with Crippen LogP contribution in [-0.4, -0.2) is 31.3 Å². The highest BCUT2D eigenvalue weighted by Gasteiger charge is 2.37. The van der Waals surface area contributed by atoms with Crippen molar-refractivity contribution in [1.29, 1.82) is 0 Å². The normalized spacial score (nSPS) is 18.8. The molecule has 7 heteroatoms. The maximum Gasteiger partial charge on any atom is 0.336 e. The van der Waals surface area contributed by atoms with Gasteiger partial charge in [0.25, 0.3) is 5.91 Å². The number of thiophene rings is 1. The number of ether oxygens (including phenoxy) is 1. The Kier molecular flexibility index (Phi) is 5.71. The van der Waals surface area contributed by atoms with E-state index in [1.54, 1.807) is 0 Å². The van der Waals surface area contributed by atoms with E-state index in [0.717, 1.165) is 21.3 Å². The standard InChI is InChI=1S/C24H26N2O4S/c1-12-20(14(3)27)22(21(13(2)26-12)24(29)30-4)18-11-31-19-8-7-16(9-17(18)19)23(28)25-10-15-5-6-15/h7-9,11,15,22,26H,5-6,10H2,1-4H3,(H,25,28). The first-order valence-corrected chi connectivity index (χ1v) is 11.3. The van der Waals surface area contributed by atoms with Gasteiger partial charge in [0.2, 0.25) is 0 Å². The fraction of sp³-hybridized carbons (Fsp3) is 0.375. The Hall–Kier alpha value is -2.93. The van der Waals surface area contributed by atoms with Gasteiger partial charge >= 0.3 is 5.97 Å². The predicted octanol–water partition coefficient (Wildman–Crippen LogP) is 4.04. The monoisotopic (exact) mass is 438 g/mol. The van der Waals surface area contributed by atoms with Crippen molar-refractivity contribution in [3.05, 3.63) is 57.2 Å². The first-order valence-electron chi connectivity index (χ1n) is 10.4. The van der Waals surface area contributed by atoms with Crippen molar-refractivity contribution < 1.29 is 19.1 Å². The van der Waals surface area contributed by atoms with Gasteiger partial charge in [0, 0.05) is 39.7 Å². The Morgan fingerprint density at radius 2 is 1.87 bits per heavy atom. The summed E-state index contributed by atoms with van der Waals surface area (Å²) in [6.07, 6.45) is 2.34. The highest BCUT2D eigenvalue weighted by molar-refractivity contribution is 7.17. The zero-order chi connectivity index (χ0) is 22.3. The molecule has 162 valence electrons. The van der Waals surface area contributed by atoms with Crippen molar-refractivity contribution in [2.75, 3.05) is 13.7 Å². The molecule has 1 unspecified atom stereocenters. The second kappa shape index (κ2) is 8.30. The molecule has 2 aliphatic rings. The Labute approximate surface area is 185 Å². The fourth-order valence-electron chi connectivity index (χ4n) is 4.23. The van der Waals surface area contributed by atoms with E-state index >= 15 is 0 Å². The lowest BCUT2D eigenvalue weighted by molar-refractivity contribution is -0.136. The van der Waals surface area contributed by atoms with Crippen LogP contribution in [0.5, 0.6) is 0 Å². The number of fused-ring (bicyclic) bond motifs is 1. The molecule has 2 aromatic rings. The lowest BCUT2D eigenvalue weighted by Crippen LogP contribution is -2.30. The van der Waals surface area contributed by atoms with E-state index in [1.165, 1.54) is 38.2 Å². The van der Waals surface area contributed by atoms with E-state index in [-0.39, 0.29) is 11.7 Å². The largest absolute Gasteiger partial charge is 0.466 e. The first kappa shape index (κ1) is 21.3. The third-order valence-corrected chi connectivity index (χ3v) is 6.95. The summed E-state index contributed by atoms with van der Waals surface area (Å²) in [5.41, 5.74) is 3.75. The Bertz CT molecular complexity index is 1150. The quantitative estimate of drug-likeness (QED) is 0.665. The highest BCUT2D eigenvalue weighted by Crippen LogP contribution is 2.43. The van der Waals surface area contributed by atoms with Crippen molar-refractivity contribution in [1.82, 2.24) is 10.6 Å². The maximum atomic E-state index is 12.7. The number of methoxy groups -OCH3 is 1. The fourth-order valence-corrected chi connectivity index (χ4v) is 5.19. The number of hydrogen-bond donors (Lipinski definition) is 2. The van der Waals surface area contributed by atoms with Crippen LogP contribution in [0.4, 0.5) is 0 Å². The van der Waals surface area contributed by atoms with Crippen LogP contribution in [0.15, 0.2) is 46.1 Å². The van der Waals surface area contributed by atoms with E-state index in [9.17, 15) is 14.4 Å². The lowest BCUT2D eigenvalue weighted by atomic mass is 9.79. The number of carbonyl (C=O) groups excluding carboxylic acids is 3. The summed E-state index contributed by atoms with van der Waals surface area (Å²) in [5, 5.41) is 9.00.